The van der Waals surface area contributed by atoms with Crippen LogP contribution in [0.1, 0.15) is 6.92 Å². The van der Waals surface area contributed by atoms with Crippen molar-refractivity contribution in [2.45, 2.75) is 17.2 Å². The van der Waals surface area contributed by atoms with E-state index in [9.17, 15) is 33.5 Å². The minimum Gasteiger partial charge on any atom is -0.595 e. The Labute approximate surface area is 87.7 Å². The van der Waals surface area contributed by atoms with Gasteiger partial charge >= 0.3 is 29.2 Å². The quantitative estimate of drug-likeness (QED) is 0.526. The van der Waals surface area contributed by atoms with Gasteiger partial charge in [0.25, 0.3) is 5.16 Å². The van der Waals surface area contributed by atoms with Crippen LogP contribution in [0.4, 0.5) is 0 Å². The molecule has 0 fully saturated rings. The maximum absolute atomic E-state index is 10.8. The number of hydrogen-bond donors (Lipinski definition) is 2. The highest BCUT2D eigenvalue weighted by Gasteiger charge is 2.76. The van der Waals surface area contributed by atoms with Crippen molar-refractivity contribution in [3.63, 3.8) is 0 Å². The molecule has 3 N–H and O–H groups in total. The van der Waals surface area contributed by atoms with Gasteiger partial charge in [0.2, 0.25) is 0 Å². The third-order valence-electron chi connectivity index (χ3n) is 2.03. The van der Waals surface area contributed by atoms with Crippen molar-refractivity contribution in [1.82, 2.24) is 0 Å². The van der Waals surface area contributed by atoms with Crippen LogP contribution in [0, 0.1) is 0 Å². The fourth-order valence-electron chi connectivity index (χ4n) is 0.794. The molecular weight excluding hydrogens is 267 g/mol. The molecule has 0 aromatic rings. The van der Waals surface area contributed by atoms with E-state index in [0.717, 1.165) is 6.92 Å². The van der Waals surface area contributed by atoms with E-state index in [1.54, 1.807) is 0 Å². The molecule has 8 nitrogen and oxygen atoms in total. The first-order chi connectivity index (χ1) is 6.64. The number of rotatable bonds is 5. The topological polar surface area (TPSA) is 167 Å². The van der Waals surface area contributed by atoms with Crippen LogP contribution in [0.3, 0.4) is 0 Å². The Morgan fingerprint density at radius 2 is 1.47 bits per heavy atom. The normalized spacial score (nSPS) is 22.4. The van der Waals surface area contributed by atoms with E-state index in [4.69, 9.17) is 5.73 Å². The van der Waals surface area contributed by atoms with Crippen molar-refractivity contribution >= 4 is 24.1 Å². The van der Waals surface area contributed by atoms with Gasteiger partial charge in [0.05, 0.1) is 6.54 Å². The first kappa shape index (κ1) is 15.1. The summed E-state index contributed by atoms with van der Waals surface area (Å²) in [4.78, 5) is 32.1. The van der Waals surface area contributed by atoms with Crippen LogP contribution in [0.2, 0.25) is 0 Å². The number of hydrogen-bond acceptors (Lipinski definition) is 8. The number of nitrogens with two attached hydrogens (primary N) is 1. The second kappa shape index (κ2) is 4.95. The zero-order valence-corrected chi connectivity index (χ0v) is 10.2. The SMILES string of the molecule is CC(CN)([P+](=O)[O-])C(O)([P+](=O)[O-])[P+](=O)[O-]. The molecule has 0 saturated heterocycles. The van der Waals surface area contributed by atoms with Gasteiger partial charge in [-0.1, -0.05) is 13.7 Å². The lowest BCUT2D eigenvalue weighted by molar-refractivity contribution is -0.199. The monoisotopic (exact) mass is 275 g/mol. The molecule has 0 bridgehead atoms. The maximum Gasteiger partial charge on any atom is 0.493 e. The zero-order chi connectivity index (χ0) is 12.4. The van der Waals surface area contributed by atoms with Crippen LogP contribution in [0.25, 0.3) is 0 Å². The number of aliphatic hydroxyl groups is 1. The van der Waals surface area contributed by atoms with E-state index in [0.29, 0.717) is 0 Å². The molecule has 0 amide bonds. The highest BCUT2D eigenvalue weighted by Crippen LogP contribution is 2.58. The lowest BCUT2D eigenvalue weighted by Crippen LogP contribution is -2.53. The minimum atomic E-state index is -3.92. The average molecular weight is 275 g/mol. The fourth-order valence-corrected chi connectivity index (χ4v) is 3.67. The van der Waals surface area contributed by atoms with Gasteiger partial charge in [-0.05, 0) is 6.92 Å². The van der Waals surface area contributed by atoms with E-state index < -0.39 is 40.9 Å². The summed E-state index contributed by atoms with van der Waals surface area (Å²) in [6.07, 6.45) is 0. The average Bonchev–Trinajstić information content (AvgIpc) is 2.13. The predicted octanol–water partition coefficient (Wildman–Crippen LogP) is -2.34. The molecule has 0 aliphatic rings. The summed E-state index contributed by atoms with van der Waals surface area (Å²) in [5.74, 6) is 0. The van der Waals surface area contributed by atoms with Crippen molar-refractivity contribution in [2.75, 3.05) is 6.54 Å². The summed E-state index contributed by atoms with van der Waals surface area (Å²) >= 11 is 0. The summed E-state index contributed by atoms with van der Waals surface area (Å²) in [7, 11) is -11.4. The third kappa shape index (κ3) is 2.28. The van der Waals surface area contributed by atoms with Gasteiger partial charge < -0.3 is 25.5 Å². The molecule has 0 spiro atoms. The van der Waals surface area contributed by atoms with Crippen molar-refractivity contribution in [1.29, 1.82) is 0 Å². The predicted molar refractivity (Wildman–Crippen MR) is 45.2 cm³/mol. The summed E-state index contributed by atoms with van der Waals surface area (Å²) < 4.78 is 32.1. The second-order valence-corrected chi connectivity index (χ2v) is 7.06. The van der Waals surface area contributed by atoms with Crippen LogP contribution in [0.15, 0.2) is 0 Å². The summed E-state index contributed by atoms with van der Waals surface area (Å²) in [6, 6.07) is 0. The Bertz CT molecular complexity index is 305. The molecule has 0 aliphatic carbocycles. The van der Waals surface area contributed by atoms with E-state index >= 15 is 0 Å². The first-order valence-corrected chi connectivity index (χ1v) is 7.03. The molecule has 0 radical (unpaired) electrons. The summed E-state index contributed by atoms with van der Waals surface area (Å²) in [5.41, 5.74) is 4.99. The molecule has 0 aliphatic heterocycles. The minimum absolute atomic E-state index is 0.745. The first-order valence-electron chi connectivity index (χ1n) is 3.50. The van der Waals surface area contributed by atoms with Gasteiger partial charge in [-0.25, -0.2) is 0 Å². The largest absolute Gasteiger partial charge is 0.595 e. The second-order valence-electron chi connectivity index (χ2n) is 2.88. The summed E-state index contributed by atoms with van der Waals surface area (Å²) in [6.45, 7) is -0.0935. The standard InChI is InChI=1S/C4H8NO7P3/c1-3(2-5,13(7)8)4(6,14(9)10)15(11)12/h6H,2,5H2,1H3. The molecule has 11 heteroatoms. The van der Waals surface area contributed by atoms with Crippen LogP contribution in [-0.4, -0.2) is 21.9 Å². The molecule has 4 atom stereocenters. The van der Waals surface area contributed by atoms with E-state index in [1.165, 1.54) is 0 Å². The van der Waals surface area contributed by atoms with E-state index in [2.05, 4.69) is 0 Å². The Balaban J connectivity index is 5.72. The van der Waals surface area contributed by atoms with Crippen LogP contribution in [0.5, 0.6) is 0 Å². The van der Waals surface area contributed by atoms with Crippen molar-refractivity contribution in [2.24, 2.45) is 5.73 Å². The molecule has 0 rings (SSSR count). The summed E-state index contributed by atoms with van der Waals surface area (Å²) in [5, 5.41) is 3.55. The van der Waals surface area contributed by atoms with Crippen LogP contribution in [-0.2, 0) is 13.7 Å². The van der Waals surface area contributed by atoms with Gasteiger partial charge in [0.15, 0.2) is 0 Å². The molecule has 4 unspecified atom stereocenters. The van der Waals surface area contributed by atoms with Gasteiger partial charge in [0.1, 0.15) is 0 Å². The van der Waals surface area contributed by atoms with Crippen LogP contribution < -0.4 is 20.4 Å². The Morgan fingerprint density at radius 1 is 1.13 bits per heavy atom. The Morgan fingerprint density at radius 3 is 1.53 bits per heavy atom. The van der Waals surface area contributed by atoms with Crippen molar-refractivity contribution < 1.29 is 33.5 Å². The molecule has 15 heavy (non-hydrogen) atoms. The highest BCUT2D eigenvalue weighted by atomic mass is 31.2. The van der Waals surface area contributed by atoms with Gasteiger partial charge in [-0.15, -0.1) is 0 Å². The smallest absolute Gasteiger partial charge is 0.493 e. The zero-order valence-electron chi connectivity index (χ0n) is 7.52. The van der Waals surface area contributed by atoms with Gasteiger partial charge in [0, 0.05) is 0 Å². The molecule has 0 aromatic carbocycles. The maximum atomic E-state index is 10.8. The lowest BCUT2D eigenvalue weighted by atomic mass is 10.2. The van der Waals surface area contributed by atoms with E-state index in [1.807, 2.05) is 0 Å². The van der Waals surface area contributed by atoms with Gasteiger partial charge in [-0.3, -0.25) is 0 Å². The third-order valence-corrected chi connectivity index (χ3v) is 6.68. The Hall–Kier alpha value is 0.1000. The molecule has 0 saturated carbocycles. The molecule has 86 valence electrons. The van der Waals surface area contributed by atoms with Crippen molar-refractivity contribution in [3.05, 3.63) is 0 Å². The Kier molecular flexibility index (Phi) is 4.99. The molecule has 0 aromatic heterocycles. The fraction of sp³-hybridized carbons (Fsp3) is 1.00. The van der Waals surface area contributed by atoms with E-state index in [-0.39, 0.29) is 0 Å². The molecular formula is C4H8NO7P3. The highest BCUT2D eigenvalue weighted by molar-refractivity contribution is 7.59. The lowest BCUT2D eigenvalue weighted by Gasteiger charge is -2.23. The van der Waals surface area contributed by atoms with Crippen molar-refractivity contribution in [3.8, 4) is 0 Å². The van der Waals surface area contributed by atoms with Gasteiger partial charge in [-0.2, -0.15) is 0 Å². The van der Waals surface area contributed by atoms with Crippen LogP contribution >= 0.6 is 24.1 Å². The molecule has 0 heterocycles.